The summed E-state index contributed by atoms with van der Waals surface area (Å²) in [6.07, 6.45) is 0. The van der Waals surface area contributed by atoms with E-state index >= 15 is 0 Å². The lowest BCUT2D eigenvalue weighted by atomic mass is 10.1. The van der Waals surface area contributed by atoms with Gasteiger partial charge in [0.1, 0.15) is 5.82 Å². The van der Waals surface area contributed by atoms with E-state index in [-0.39, 0.29) is 11.4 Å². The molecule has 27 heavy (non-hydrogen) atoms. The molecule has 0 aliphatic rings. The Bertz CT molecular complexity index is 1000. The second-order valence-electron chi connectivity index (χ2n) is 7.51. The minimum Gasteiger partial charge on any atom is -0.311 e. The monoisotopic (exact) mass is 370 g/mol. The molecular weight excluding hydrogens is 343 g/mol. The molecule has 0 fully saturated rings. The summed E-state index contributed by atoms with van der Waals surface area (Å²) < 4.78 is 17.4. The molecule has 3 rings (SSSR count). The van der Waals surface area contributed by atoms with Crippen molar-refractivity contribution in [1.82, 2.24) is 19.7 Å². The van der Waals surface area contributed by atoms with Gasteiger partial charge in [-0.25, -0.2) is 4.39 Å². The molecule has 2 aromatic heterocycles. The van der Waals surface area contributed by atoms with E-state index in [1.165, 1.54) is 12.1 Å². The summed E-state index contributed by atoms with van der Waals surface area (Å²) in [7, 11) is 0. The lowest BCUT2D eigenvalue weighted by Gasteiger charge is -2.15. The van der Waals surface area contributed by atoms with Crippen LogP contribution in [0.5, 0.6) is 0 Å². The van der Waals surface area contributed by atoms with Crippen LogP contribution in [0.1, 0.15) is 30.8 Å². The third-order valence-corrected chi connectivity index (χ3v) is 4.60. The minimum atomic E-state index is -0.324. The first kappa shape index (κ1) is 19.3. The number of hydrogen-bond donors (Lipinski definition) is 1. The fraction of sp³-hybridized carbons (Fsp3) is 0.429. The normalized spacial score (nSPS) is 11.6. The smallest absolute Gasteiger partial charge is 0.255 e. The first-order valence-corrected chi connectivity index (χ1v) is 9.39. The van der Waals surface area contributed by atoms with Crippen molar-refractivity contribution >= 4 is 10.9 Å². The molecule has 6 heteroatoms. The van der Waals surface area contributed by atoms with Crippen LogP contribution in [0.15, 0.2) is 35.1 Å². The van der Waals surface area contributed by atoms with Gasteiger partial charge in [-0.1, -0.05) is 13.8 Å². The van der Waals surface area contributed by atoms with Crippen LogP contribution < -0.4 is 10.9 Å². The molecule has 144 valence electrons. The van der Waals surface area contributed by atoms with Gasteiger partial charge in [0, 0.05) is 30.9 Å². The molecule has 0 spiro atoms. The number of rotatable bonds is 7. The Morgan fingerprint density at radius 1 is 1.19 bits per heavy atom. The summed E-state index contributed by atoms with van der Waals surface area (Å²) in [5.41, 5.74) is 3.43. The van der Waals surface area contributed by atoms with Gasteiger partial charge in [0.05, 0.1) is 17.8 Å². The van der Waals surface area contributed by atoms with Crippen LogP contribution in [-0.4, -0.2) is 20.9 Å². The highest BCUT2D eigenvalue weighted by atomic mass is 19.1. The SMILES string of the molecule is Cc1cc(C)n(CCNCc2cc3ccc(F)cc3n(CC(C)C)c2=O)n1. The topological polar surface area (TPSA) is 51.9 Å². The molecule has 0 unspecified atom stereocenters. The Balaban J connectivity index is 1.79. The maximum Gasteiger partial charge on any atom is 0.255 e. The highest BCUT2D eigenvalue weighted by molar-refractivity contribution is 5.79. The Kier molecular flexibility index (Phi) is 5.75. The number of halogens is 1. The quantitative estimate of drug-likeness (QED) is 0.649. The summed E-state index contributed by atoms with van der Waals surface area (Å²) in [6.45, 7) is 10.6. The number of aromatic nitrogens is 3. The molecule has 1 N–H and O–H groups in total. The van der Waals surface area contributed by atoms with Crippen molar-refractivity contribution in [2.75, 3.05) is 6.54 Å². The van der Waals surface area contributed by atoms with E-state index < -0.39 is 0 Å². The summed E-state index contributed by atoms with van der Waals surface area (Å²) in [6, 6.07) is 8.53. The summed E-state index contributed by atoms with van der Waals surface area (Å²) in [5.74, 6) is -0.0291. The van der Waals surface area contributed by atoms with Crippen LogP contribution in [0.2, 0.25) is 0 Å². The fourth-order valence-corrected chi connectivity index (χ4v) is 3.39. The first-order chi connectivity index (χ1) is 12.8. The van der Waals surface area contributed by atoms with E-state index in [0.717, 1.165) is 23.3 Å². The van der Waals surface area contributed by atoms with Gasteiger partial charge >= 0.3 is 0 Å². The zero-order valence-electron chi connectivity index (χ0n) is 16.4. The van der Waals surface area contributed by atoms with E-state index in [0.29, 0.717) is 36.6 Å². The molecule has 0 radical (unpaired) electrons. The van der Waals surface area contributed by atoms with E-state index in [1.54, 1.807) is 10.6 Å². The van der Waals surface area contributed by atoms with Crippen molar-refractivity contribution < 1.29 is 4.39 Å². The average Bonchev–Trinajstić information content (AvgIpc) is 2.92. The van der Waals surface area contributed by atoms with Gasteiger partial charge in [0.15, 0.2) is 0 Å². The maximum atomic E-state index is 13.7. The molecule has 0 saturated carbocycles. The highest BCUT2D eigenvalue weighted by Crippen LogP contribution is 2.17. The predicted octanol–water partition coefficient (Wildman–Crippen LogP) is 3.40. The number of benzene rings is 1. The summed E-state index contributed by atoms with van der Waals surface area (Å²) in [4.78, 5) is 12.9. The molecular formula is C21H27FN4O. The minimum absolute atomic E-state index is 0.0552. The van der Waals surface area contributed by atoms with E-state index in [4.69, 9.17) is 0 Å². The number of pyridine rings is 1. The van der Waals surface area contributed by atoms with Crippen LogP contribution in [0.4, 0.5) is 4.39 Å². The second kappa shape index (κ2) is 8.05. The Morgan fingerprint density at radius 2 is 1.96 bits per heavy atom. The Labute approximate surface area is 158 Å². The van der Waals surface area contributed by atoms with Crippen LogP contribution in [0.3, 0.4) is 0 Å². The molecule has 2 heterocycles. The number of nitrogens with one attached hydrogen (secondary N) is 1. The third kappa shape index (κ3) is 4.45. The molecule has 0 aliphatic heterocycles. The second-order valence-corrected chi connectivity index (χ2v) is 7.51. The molecule has 5 nitrogen and oxygen atoms in total. The van der Waals surface area contributed by atoms with Gasteiger partial charge in [0.2, 0.25) is 0 Å². The average molecular weight is 370 g/mol. The van der Waals surface area contributed by atoms with Crippen LogP contribution >= 0.6 is 0 Å². The van der Waals surface area contributed by atoms with Gasteiger partial charge in [-0.2, -0.15) is 5.10 Å². The van der Waals surface area contributed by atoms with E-state index in [2.05, 4.69) is 24.3 Å². The molecule has 0 aliphatic carbocycles. The maximum absolute atomic E-state index is 13.7. The zero-order valence-corrected chi connectivity index (χ0v) is 16.4. The van der Waals surface area contributed by atoms with Crippen LogP contribution in [0, 0.1) is 25.6 Å². The fourth-order valence-electron chi connectivity index (χ4n) is 3.39. The van der Waals surface area contributed by atoms with Crippen LogP contribution in [0.25, 0.3) is 10.9 Å². The molecule has 0 saturated heterocycles. The lowest BCUT2D eigenvalue weighted by molar-refractivity contribution is 0.514. The lowest BCUT2D eigenvalue weighted by Crippen LogP contribution is -2.30. The zero-order chi connectivity index (χ0) is 19.6. The van der Waals surface area contributed by atoms with Crippen molar-refractivity contribution in [3.8, 4) is 0 Å². The summed E-state index contributed by atoms with van der Waals surface area (Å²) >= 11 is 0. The van der Waals surface area contributed by atoms with E-state index in [1.807, 2.05) is 30.7 Å². The van der Waals surface area contributed by atoms with Crippen molar-refractivity contribution in [2.24, 2.45) is 5.92 Å². The van der Waals surface area contributed by atoms with Gasteiger partial charge < -0.3 is 9.88 Å². The van der Waals surface area contributed by atoms with Gasteiger partial charge in [-0.05, 0) is 55.5 Å². The third-order valence-electron chi connectivity index (χ3n) is 4.60. The first-order valence-electron chi connectivity index (χ1n) is 9.39. The number of aryl methyl sites for hydroxylation is 2. The van der Waals surface area contributed by atoms with Crippen molar-refractivity contribution in [1.29, 1.82) is 0 Å². The highest BCUT2D eigenvalue weighted by Gasteiger charge is 2.11. The number of nitrogens with zero attached hydrogens (tertiary/aromatic N) is 3. The van der Waals surface area contributed by atoms with Crippen molar-refractivity contribution in [2.45, 2.75) is 47.3 Å². The van der Waals surface area contributed by atoms with Crippen molar-refractivity contribution in [3.63, 3.8) is 0 Å². The standard InChI is InChI=1S/C21H27FN4O/c1-14(2)13-25-20-11-19(22)6-5-17(20)10-18(21(25)27)12-23-7-8-26-16(4)9-15(3)24-26/h5-6,9-11,14,23H,7-8,12-13H2,1-4H3. The Hall–Kier alpha value is -2.47. The van der Waals surface area contributed by atoms with E-state index in [9.17, 15) is 9.18 Å². The molecule has 0 amide bonds. The predicted molar refractivity (Wildman–Crippen MR) is 106 cm³/mol. The van der Waals surface area contributed by atoms with Crippen LogP contribution in [-0.2, 0) is 19.6 Å². The summed E-state index contributed by atoms with van der Waals surface area (Å²) in [5, 5.41) is 8.66. The number of hydrogen-bond acceptors (Lipinski definition) is 3. The Morgan fingerprint density at radius 3 is 2.63 bits per heavy atom. The van der Waals surface area contributed by atoms with Gasteiger partial charge in [-0.3, -0.25) is 9.48 Å². The number of fused-ring (bicyclic) bond motifs is 1. The van der Waals surface area contributed by atoms with Gasteiger partial charge in [-0.15, -0.1) is 0 Å². The molecule has 0 atom stereocenters. The van der Waals surface area contributed by atoms with Gasteiger partial charge in [0.25, 0.3) is 5.56 Å². The van der Waals surface area contributed by atoms with Crippen molar-refractivity contribution in [3.05, 3.63) is 63.5 Å². The molecule has 3 aromatic rings. The largest absolute Gasteiger partial charge is 0.311 e. The molecule has 0 bridgehead atoms. The molecule has 1 aromatic carbocycles.